The molecule has 0 aromatic carbocycles. The standard InChI is InChI=1S/C17H24O4/c1-4-10-17(11-8-7-9-12(17)5-2)13(6-3)14(15(18)19)16(20)21/h7-9,11-12H,4-6,10H2,1-3H3,(H,18,19)(H,20,21). The van der Waals surface area contributed by atoms with Gasteiger partial charge in [-0.2, -0.15) is 0 Å². The lowest BCUT2D eigenvalue weighted by Crippen LogP contribution is -2.34. The van der Waals surface area contributed by atoms with Crippen molar-refractivity contribution in [1.82, 2.24) is 0 Å². The first-order valence-corrected chi connectivity index (χ1v) is 7.50. The van der Waals surface area contributed by atoms with Crippen LogP contribution in [0.25, 0.3) is 0 Å². The molecular weight excluding hydrogens is 268 g/mol. The van der Waals surface area contributed by atoms with Gasteiger partial charge in [-0.15, -0.1) is 0 Å². The number of carboxylic acid groups (broad SMARTS) is 2. The number of allylic oxidation sites excluding steroid dienone is 5. The van der Waals surface area contributed by atoms with E-state index in [1.165, 1.54) is 0 Å². The third-order valence-electron chi connectivity index (χ3n) is 4.26. The van der Waals surface area contributed by atoms with Crippen LogP contribution >= 0.6 is 0 Å². The van der Waals surface area contributed by atoms with E-state index in [1.807, 2.05) is 39.0 Å². The van der Waals surface area contributed by atoms with Gasteiger partial charge < -0.3 is 10.2 Å². The van der Waals surface area contributed by atoms with Crippen LogP contribution in [0.4, 0.5) is 0 Å². The first kappa shape index (κ1) is 17.2. The number of aliphatic carboxylic acids is 2. The minimum Gasteiger partial charge on any atom is -0.477 e. The summed E-state index contributed by atoms with van der Waals surface area (Å²) in [6, 6.07) is 0. The normalized spacial score (nSPS) is 23.9. The van der Waals surface area contributed by atoms with Crippen molar-refractivity contribution in [2.45, 2.75) is 46.5 Å². The molecule has 4 heteroatoms. The first-order valence-electron chi connectivity index (χ1n) is 7.50. The molecule has 4 nitrogen and oxygen atoms in total. The molecule has 0 saturated heterocycles. The molecule has 0 spiro atoms. The van der Waals surface area contributed by atoms with Crippen molar-refractivity contribution in [3.8, 4) is 0 Å². The second-order valence-corrected chi connectivity index (χ2v) is 5.37. The molecule has 0 radical (unpaired) electrons. The van der Waals surface area contributed by atoms with Crippen LogP contribution in [0, 0.1) is 11.3 Å². The highest BCUT2D eigenvalue weighted by atomic mass is 16.4. The average Bonchev–Trinajstić information content (AvgIpc) is 2.44. The summed E-state index contributed by atoms with van der Waals surface area (Å²) in [5.41, 5.74) is -0.444. The van der Waals surface area contributed by atoms with Gasteiger partial charge in [-0.05, 0) is 30.8 Å². The maximum atomic E-state index is 11.4. The van der Waals surface area contributed by atoms with Gasteiger partial charge in [0.1, 0.15) is 5.57 Å². The van der Waals surface area contributed by atoms with E-state index in [0.29, 0.717) is 12.0 Å². The molecule has 2 N–H and O–H groups in total. The van der Waals surface area contributed by atoms with E-state index in [9.17, 15) is 19.8 Å². The molecule has 0 aromatic rings. The van der Waals surface area contributed by atoms with Crippen molar-refractivity contribution < 1.29 is 19.8 Å². The third-order valence-corrected chi connectivity index (χ3v) is 4.26. The Morgan fingerprint density at radius 3 is 2.14 bits per heavy atom. The van der Waals surface area contributed by atoms with Gasteiger partial charge in [0, 0.05) is 5.41 Å². The highest BCUT2D eigenvalue weighted by Crippen LogP contribution is 2.48. The molecule has 0 aliphatic heterocycles. The van der Waals surface area contributed by atoms with E-state index < -0.39 is 22.9 Å². The molecule has 0 fully saturated rings. The molecule has 116 valence electrons. The molecule has 1 aliphatic rings. The average molecular weight is 292 g/mol. The van der Waals surface area contributed by atoms with E-state index in [1.54, 1.807) is 0 Å². The summed E-state index contributed by atoms with van der Waals surface area (Å²) in [5.74, 6) is -2.58. The lowest BCUT2D eigenvalue weighted by atomic mass is 9.62. The SMILES string of the molecule is CCCC1(C(CC)=C(C(=O)O)C(=O)O)C=CC=CC1CC. The van der Waals surface area contributed by atoms with Crippen molar-refractivity contribution in [2.24, 2.45) is 11.3 Å². The second kappa shape index (κ2) is 7.25. The van der Waals surface area contributed by atoms with Gasteiger partial charge in [0.2, 0.25) is 0 Å². The molecular formula is C17H24O4. The third kappa shape index (κ3) is 3.26. The number of carbonyl (C=O) groups is 2. The molecule has 0 aromatic heterocycles. The van der Waals surface area contributed by atoms with Crippen LogP contribution in [0.2, 0.25) is 0 Å². The largest absolute Gasteiger partial charge is 0.477 e. The van der Waals surface area contributed by atoms with E-state index in [-0.39, 0.29) is 5.92 Å². The van der Waals surface area contributed by atoms with Crippen LogP contribution < -0.4 is 0 Å². The molecule has 2 atom stereocenters. The van der Waals surface area contributed by atoms with E-state index in [2.05, 4.69) is 6.08 Å². The summed E-state index contributed by atoms with van der Waals surface area (Å²) in [4.78, 5) is 22.9. The Bertz CT molecular complexity index is 483. The fraction of sp³-hybridized carbons (Fsp3) is 0.529. The van der Waals surface area contributed by atoms with Crippen LogP contribution in [-0.2, 0) is 9.59 Å². The lowest BCUT2D eigenvalue weighted by molar-refractivity contribution is -0.140. The molecule has 0 heterocycles. The highest BCUT2D eigenvalue weighted by Gasteiger charge is 2.41. The van der Waals surface area contributed by atoms with Crippen molar-refractivity contribution in [1.29, 1.82) is 0 Å². The van der Waals surface area contributed by atoms with Gasteiger partial charge in [-0.3, -0.25) is 0 Å². The molecule has 0 saturated carbocycles. The predicted molar refractivity (Wildman–Crippen MR) is 82.0 cm³/mol. The maximum absolute atomic E-state index is 11.4. The Morgan fingerprint density at radius 2 is 1.71 bits per heavy atom. The zero-order chi connectivity index (χ0) is 16.0. The van der Waals surface area contributed by atoms with Gasteiger partial charge >= 0.3 is 11.9 Å². The van der Waals surface area contributed by atoms with Crippen molar-refractivity contribution in [2.75, 3.05) is 0 Å². The summed E-state index contributed by atoms with van der Waals surface area (Å²) >= 11 is 0. The van der Waals surface area contributed by atoms with Gasteiger partial charge in [0.25, 0.3) is 0 Å². The van der Waals surface area contributed by atoms with Crippen molar-refractivity contribution in [3.05, 3.63) is 35.5 Å². The molecule has 21 heavy (non-hydrogen) atoms. The predicted octanol–water partition coefficient (Wildman–Crippen LogP) is 3.80. The van der Waals surface area contributed by atoms with Gasteiger partial charge in [0.15, 0.2) is 0 Å². The van der Waals surface area contributed by atoms with Crippen LogP contribution in [-0.4, -0.2) is 22.2 Å². The minimum atomic E-state index is -1.35. The Balaban J connectivity index is 3.59. The zero-order valence-corrected chi connectivity index (χ0v) is 12.9. The Labute approximate surface area is 125 Å². The van der Waals surface area contributed by atoms with Gasteiger partial charge in [-0.1, -0.05) is 51.5 Å². The van der Waals surface area contributed by atoms with Crippen LogP contribution in [0.3, 0.4) is 0 Å². The summed E-state index contributed by atoms with van der Waals surface area (Å²) in [7, 11) is 0. The summed E-state index contributed by atoms with van der Waals surface area (Å²) in [6.45, 7) is 5.92. The summed E-state index contributed by atoms with van der Waals surface area (Å²) in [6.07, 6.45) is 10.8. The Morgan fingerprint density at radius 1 is 1.10 bits per heavy atom. The molecule has 0 bridgehead atoms. The van der Waals surface area contributed by atoms with Crippen molar-refractivity contribution >= 4 is 11.9 Å². The highest BCUT2D eigenvalue weighted by molar-refractivity contribution is 6.13. The topological polar surface area (TPSA) is 74.6 Å². The van der Waals surface area contributed by atoms with Crippen molar-refractivity contribution in [3.63, 3.8) is 0 Å². The fourth-order valence-electron chi connectivity index (χ4n) is 3.47. The van der Waals surface area contributed by atoms with Crippen LogP contribution in [0.15, 0.2) is 35.5 Å². The number of carboxylic acids is 2. The minimum absolute atomic E-state index is 0.131. The van der Waals surface area contributed by atoms with E-state index in [4.69, 9.17) is 0 Å². The lowest BCUT2D eigenvalue weighted by Gasteiger charge is -2.41. The smallest absolute Gasteiger partial charge is 0.343 e. The number of hydrogen-bond donors (Lipinski definition) is 2. The fourth-order valence-corrected chi connectivity index (χ4v) is 3.47. The molecule has 2 unspecified atom stereocenters. The second-order valence-electron chi connectivity index (χ2n) is 5.37. The maximum Gasteiger partial charge on any atom is 0.343 e. The summed E-state index contributed by atoms with van der Waals surface area (Å²) in [5, 5.41) is 18.7. The number of hydrogen-bond acceptors (Lipinski definition) is 2. The Kier molecular flexibility index (Phi) is 5.94. The monoisotopic (exact) mass is 292 g/mol. The first-order chi connectivity index (χ1) is 9.94. The molecule has 1 aliphatic carbocycles. The van der Waals surface area contributed by atoms with E-state index in [0.717, 1.165) is 19.3 Å². The van der Waals surface area contributed by atoms with Gasteiger partial charge in [-0.25, -0.2) is 9.59 Å². The summed E-state index contributed by atoms with van der Waals surface area (Å²) < 4.78 is 0. The number of rotatable bonds is 7. The van der Waals surface area contributed by atoms with Gasteiger partial charge in [0.05, 0.1) is 0 Å². The zero-order valence-electron chi connectivity index (χ0n) is 12.9. The van der Waals surface area contributed by atoms with E-state index >= 15 is 0 Å². The molecule has 1 rings (SSSR count). The molecule has 0 amide bonds. The quantitative estimate of drug-likeness (QED) is 0.425. The van der Waals surface area contributed by atoms with Crippen LogP contribution in [0.1, 0.15) is 46.5 Å². The van der Waals surface area contributed by atoms with Crippen LogP contribution in [0.5, 0.6) is 0 Å². The Hall–Kier alpha value is -1.84.